The summed E-state index contributed by atoms with van der Waals surface area (Å²) < 4.78 is 29.2. The molecule has 44 heavy (non-hydrogen) atoms. The van der Waals surface area contributed by atoms with Gasteiger partial charge in [-0.05, 0) is 69.2 Å². The van der Waals surface area contributed by atoms with Gasteiger partial charge in [0.05, 0.1) is 10.6 Å². The van der Waals surface area contributed by atoms with E-state index in [9.17, 15) is 18.0 Å². The summed E-state index contributed by atoms with van der Waals surface area (Å²) in [7, 11) is -4.15. The number of nitrogens with one attached hydrogen (secondary N) is 1. The molecule has 0 spiro atoms. The number of benzene rings is 4. The topological polar surface area (TPSA) is 86.8 Å². The zero-order valence-electron chi connectivity index (χ0n) is 25.4. The van der Waals surface area contributed by atoms with E-state index in [1.807, 2.05) is 64.1 Å². The highest BCUT2D eigenvalue weighted by Gasteiger charge is 2.35. The van der Waals surface area contributed by atoms with Gasteiger partial charge >= 0.3 is 0 Å². The molecule has 0 aliphatic rings. The van der Waals surface area contributed by atoms with Gasteiger partial charge in [-0.1, -0.05) is 96.0 Å². The van der Waals surface area contributed by atoms with E-state index in [1.165, 1.54) is 17.0 Å². The lowest BCUT2D eigenvalue weighted by Crippen LogP contribution is -2.56. The van der Waals surface area contributed by atoms with E-state index in [1.54, 1.807) is 60.7 Å². The first-order valence-corrected chi connectivity index (χ1v) is 16.2. The fourth-order valence-corrected chi connectivity index (χ4v) is 6.41. The molecule has 1 atom stereocenters. The number of carbonyl (C=O) groups excluding carboxylic acids is 2. The summed E-state index contributed by atoms with van der Waals surface area (Å²) in [5.41, 5.74) is 2.20. The van der Waals surface area contributed by atoms with Crippen LogP contribution in [0, 0.1) is 6.92 Å². The molecule has 4 rings (SSSR count). The predicted molar refractivity (Wildman–Crippen MR) is 176 cm³/mol. The molecular weight excluding hydrogens is 594 g/mol. The highest BCUT2D eigenvalue weighted by atomic mass is 35.5. The summed E-state index contributed by atoms with van der Waals surface area (Å²) >= 11 is 6.55. The SMILES string of the molecule is Cc1ccc(N(CC(=O)N(Cc2ccccc2Cl)[C@@H](Cc2ccccc2)C(=O)NC(C)(C)C)S(=O)(=O)c2ccccc2)cc1. The van der Waals surface area contributed by atoms with Crippen LogP contribution in [0.2, 0.25) is 5.02 Å². The summed E-state index contributed by atoms with van der Waals surface area (Å²) in [4.78, 5) is 29.9. The molecule has 0 fully saturated rings. The average Bonchev–Trinajstić information content (AvgIpc) is 2.99. The van der Waals surface area contributed by atoms with Crippen molar-refractivity contribution in [2.75, 3.05) is 10.8 Å². The van der Waals surface area contributed by atoms with Crippen molar-refractivity contribution in [2.45, 2.75) is 57.1 Å². The summed E-state index contributed by atoms with van der Waals surface area (Å²) in [6, 6.07) is 30.5. The predicted octanol–water partition coefficient (Wildman–Crippen LogP) is 6.40. The Morgan fingerprint density at radius 3 is 1.98 bits per heavy atom. The first-order valence-electron chi connectivity index (χ1n) is 14.4. The van der Waals surface area contributed by atoms with Crippen molar-refractivity contribution in [1.82, 2.24) is 10.2 Å². The summed E-state index contributed by atoms with van der Waals surface area (Å²) in [6.45, 7) is 6.99. The van der Waals surface area contributed by atoms with Gasteiger partial charge in [-0.25, -0.2) is 8.42 Å². The number of sulfonamides is 1. The number of carbonyl (C=O) groups is 2. The van der Waals surface area contributed by atoms with Gasteiger partial charge in [-0.15, -0.1) is 0 Å². The fraction of sp³-hybridized carbons (Fsp3) is 0.257. The van der Waals surface area contributed by atoms with Crippen LogP contribution >= 0.6 is 11.6 Å². The van der Waals surface area contributed by atoms with E-state index in [4.69, 9.17) is 11.6 Å². The van der Waals surface area contributed by atoms with Gasteiger partial charge in [0, 0.05) is 23.5 Å². The third-order valence-corrected chi connectivity index (χ3v) is 9.16. The van der Waals surface area contributed by atoms with Crippen LogP contribution in [0.4, 0.5) is 5.69 Å². The molecule has 7 nitrogen and oxygen atoms in total. The van der Waals surface area contributed by atoms with Crippen LogP contribution in [-0.2, 0) is 32.6 Å². The second-order valence-electron chi connectivity index (χ2n) is 11.7. The molecule has 9 heteroatoms. The normalized spacial score (nSPS) is 12.3. The molecule has 230 valence electrons. The second-order valence-corrected chi connectivity index (χ2v) is 14.0. The van der Waals surface area contributed by atoms with Crippen LogP contribution in [0.15, 0.2) is 114 Å². The smallest absolute Gasteiger partial charge is 0.264 e. The maximum atomic E-state index is 14.5. The number of hydrogen-bond donors (Lipinski definition) is 1. The maximum absolute atomic E-state index is 14.5. The molecule has 0 radical (unpaired) electrons. The van der Waals surface area contributed by atoms with Crippen molar-refractivity contribution in [3.8, 4) is 0 Å². The van der Waals surface area contributed by atoms with Crippen molar-refractivity contribution in [3.05, 3.63) is 131 Å². The van der Waals surface area contributed by atoms with E-state index in [2.05, 4.69) is 5.32 Å². The van der Waals surface area contributed by atoms with Crippen molar-refractivity contribution in [3.63, 3.8) is 0 Å². The van der Waals surface area contributed by atoms with Gasteiger partial charge in [0.1, 0.15) is 12.6 Å². The number of rotatable bonds is 11. The van der Waals surface area contributed by atoms with E-state index >= 15 is 0 Å². The van der Waals surface area contributed by atoms with Crippen molar-refractivity contribution < 1.29 is 18.0 Å². The van der Waals surface area contributed by atoms with Crippen molar-refractivity contribution in [1.29, 1.82) is 0 Å². The van der Waals surface area contributed by atoms with Gasteiger partial charge in [-0.2, -0.15) is 0 Å². The van der Waals surface area contributed by atoms with Gasteiger partial charge in [0.25, 0.3) is 10.0 Å². The first kappa shape index (κ1) is 32.8. The van der Waals surface area contributed by atoms with Crippen LogP contribution in [0.5, 0.6) is 0 Å². The Morgan fingerprint density at radius 2 is 1.39 bits per heavy atom. The second kappa shape index (κ2) is 14.1. The summed E-state index contributed by atoms with van der Waals surface area (Å²) in [5, 5.41) is 3.46. The Balaban J connectivity index is 1.82. The van der Waals surface area contributed by atoms with Crippen LogP contribution in [0.1, 0.15) is 37.5 Å². The van der Waals surface area contributed by atoms with Gasteiger partial charge in [0.2, 0.25) is 11.8 Å². The molecule has 0 unspecified atom stereocenters. The molecule has 0 saturated heterocycles. The Bertz CT molecular complexity index is 1670. The highest BCUT2D eigenvalue weighted by molar-refractivity contribution is 7.92. The molecule has 0 bridgehead atoms. The van der Waals surface area contributed by atoms with Crippen LogP contribution < -0.4 is 9.62 Å². The quantitative estimate of drug-likeness (QED) is 0.208. The van der Waals surface area contributed by atoms with Crippen LogP contribution in [0.3, 0.4) is 0 Å². The first-order chi connectivity index (χ1) is 20.8. The molecule has 1 N–H and O–H groups in total. The minimum absolute atomic E-state index is 0.000687. The fourth-order valence-electron chi connectivity index (χ4n) is 4.78. The van der Waals surface area contributed by atoms with Crippen LogP contribution in [-0.4, -0.2) is 43.3 Å². The molecule has 4 aromatic rings. The number of nitrogens with zero attached hydrogens (tertiary/aromatic N) is 2. The number of anilines is 1. The van der Waals surface area contributed by atoms with E-state index in [0.717, 1.165) is 15.4 Å². The number of halogens is 1. The Kier molecular flexibility index (Phi) is 10.5. The number of amides is 2. The average molecular weight is 632 g/mol. The van der Waals surface area contributed by atoms with E-state index < -0.39 is 34.1 Å². The molecule has 0 heterocycles. The molecule has 0 aliphatic carbocycles. The zero-order chi connectivity index (χ0) is 31.9. The van der Waals surface area contributed by atoms with Gasteiger partial charge < -0.3 is 10.2 Å². The van der Waals surface area contributed by atoms with E-state index in [-0.39, 0.29) is 23.8 Å². The molecule has 0 aliphatic heterocycles. The Hall–Kier alpha value is -4.14. The highest BCUT2D eigenvalue weighted by Crippen LogP contribution is 2.26. The van der Waals surface area contributed by atoms with Crippen LogP contribution in [0.25, 0.3) is 0 Å². The van der Waals surface area contributed by atoms with Crippen molar-refractivity contribution >= 4 is 39.1 Å². The largest absolute Gasteiger partial charge is 0.350 e. The summed E-state index contributed by atoms with van der Waals surface area (Å²) in [5.74, 6) is -0.899. The number of aryl methyl sites for hydroxylation is 1. The Labute approximate surface area is 265 Å². The van der Waals surface area contributed by atoms with Gasteiger partial charge in [0.15, 0.2) is 0 Å². The maximum Gasteiger partial charge on any atom is 0.264 e. The van der Waals surface area contributed by atoms with E-state index in [0.29, 0.717) is 16.3 Å². The third kappa shape index (κ3) is 8.49. The molecular formula is C35H38ClN3O4S. The minimum atomic E-state index is -4.15. The lowest BCUT2D eigenvalue weighted by atomic mass is 10.0. The molecule has 4 aromatic carbocycles. The molecule has 2 amide bonds. The van der Waals surface area contributed by atoms with Crippen molar-refractivity contribution in [2.24, 2.45) is 0 Å². The molecule has 0 saturated carbocycles. The standard InChI is InChI=1S/C35H38ClN3O4S/c1-26-19-21-29(22-20-26)39(44(42,43)30-16-9-6-10-17-30)25-33(40)38(24-28-15-11-12-18-31(28)36)32(34(41)37-35(2,3)4)23-27-13-7-5-8-14-27/h5-22,32H,23-25H2,1-4H3,(H,37,41)/t32-/m0/s1. The third-order valence-electron chi connectivity index (χ3n) is 7.00. The molecule has 0 aromatic heterocycles. The zero-order valence-corrected chi connectivity index (χ0v) is 27.0. The monoisotopic (exact) mass is 631 g/mol. The Morgan fingerprint density at radius 1 is 0.818 bits per heavy atom. The minimum Gasteiger partial charge on any atom is -0.350 e. The number of hydrogen-bond acceptors (Lipinski definition) is 4. The lowest BCUT2D eigenvalue weighted by Gasteiger charge is -2.35. The lowest BCUT2D eigenvalue weighted by molar-refractivity contribution is -0.140. The summed E-state index contributed by atoms with van der Waals surface area (Å²) in [6.07, 6.45) is 0.217. The van der Waals surface area contributed by atoms with Gasteiger partial charge in [-0.3, -0.25) is 13.9 Å².